The number of rotatable bonds is 1. The highest BCUT2D eigenvalue weighted by molar-refractivity contribution is 6.15. The third-order valence-corrected chi connectivity index (χ3v) is 2.51. The number of Topliss-reactive ketones (excluding diaryl/α,β-unsaturated/α-hetero) is 1. The first kappa shape index (κ1) is 9.83. The van der Waals surface area contributed by atoms with Gasteiger partial charge in [-0.05, 0) is 19.1 Å². The average Bonchev–Trinajstić information content (AvgIpc) is 2.50. The molecule has 1 aliphatic heterocycles. The summed E-state index contributed by atoms with van der Waals surface area (Å²) in [6.45, 7) is 1.66. The Kier molecular flexibility index (Phi) is 2.26. The van der Waals surface area contributed by atoms with Gasteiger partial charge in [0.05, 0.1) is 13.0 Å². The summed E-state index contributed by atoms with van der Waals surface area (Å²) < 4.78 is 13.2. The molecule has 0 saturated carbocycles. The Balaban J connectivity index is 2.42. The number of ketones is 1. The minimum Gasteiger partial charge on any atom is -0.304 e. The number of amides is 1. The Hall–Kier alpha value is -1.71. The molecule has 0 aromatic heterocycles. The van der Waals surface area contributed by atoms with E-state index in [4.69, 9.17) is 0 Å². The molecule has 1 fully saturated rings. The summed E-state index contributed by atoms with van der Waals surface area (Å²) >= 11 is 0. The summed E-state index contributed by atoms with van der Waals surface area (Å²) in [5.41, 5.74) is 0.895. The zero-order chi connectivity index (χ0) is 11.0. The Bertz CT molecular complexity index is 442. The van der Waals surface area contributed by atoms with Crippen molar-refractivity contribution in [3.8, 4) is 0 Å². The molecule has 78 valence electrons. The molecule has 4 heteroatoms. The largest absolute Gasteiger partial charge is 0.304 e. The van der Waals surface area contributed by atoms with E-state index in [1.165, 1.54) is 17.0 Å². The second-order valence-electron chi connectivity index (χ2n) is 3.58. The zero-order valence-electron chi connectivity index (χ0n) is 8.29. The standard InChI is InChI=1S/C11H10FNO2/c1-7-9(12)3-2-4-10(7)13-6-8(14)5-11(13)15/h2-4H,5-6H2,1H3. The van der Waals surface area contributed by atoms with E-state index in [1.54, 1.807) is 13.0 Å². The summed E-state index contributed by atoms with van der Waals surface area (Å²) in [5.74, 6) is -0.739. The predicted molar refractivity (Wildman–Crippen MR) is 53.1 cm³/mol. The fourth-order valence-corrected chi connectivity index (χ4v) is 1.69. The fourth-order valence-electron chi connectivity index (χ4n) is 1.69. The second kappa shape index (κ2) is 3.46. The van der Waals surface area contributed by atoms with Gasteiger partial charge in [-0.1, -0.05) is 6.07 Å². The molecule has 1 amide bonds. The van der Waals surface area contributed by atoms with Crippen LogP contribution in [0.25, 0.3) is 0 Å². The van der Waals surface area contributed by atoms with Gasteiger partial charge in [-0.3, -0.25) is 9.59 Å². The maximum atomic E-state index is 13.2. The predicted octanol–water partition coefficient (Wildman–Crippen LogP) is 1.44. The first-order valence-corrected chi connectivity index (χ1v) is 4.67. The summed E-state index contributed by atoms with van der Waals surface area (Å²) in [6.07, 6.45) is -0.0735. The zero-order valence-corrected chi connectivity index (χ0v) is 8.29. The molecule has 0 bridgehead atoms. The van der Waals surface area contributed by atoms with E-state index in [0.717, 1.165) is 0 Å². The van der Waals surface area contributed by atoms with Gasteiger partial charge in [0.25, 0.3) is 0 Å². The lowest BCUT2D eigenvalue weighted by Crippen LogP contribution is -2.25. The highest BCUT2D eigenvalue weighted by Gasteiger charge is 2.29. The highest BCUT2D eigenvalue weighted by atomic mass is 19.1. The molecule has 1 saturated heterocycles. The summed E-state index contributed by atoms with van der Waals surface area (Å²) in [5, 5.41) is 0. The van der Waals surface area contributed by atoms with Crippen LogP contribution in [0.15, 0.2) is 18.2 Å². The Morgan fingerprint density at radius 3 is 2.67 bits per heavy atom. The SMILES string of the molecule is Cc1c(F)cccc1N1CC(=O)CC1=O. The van der Waals surface area contributed by atoms with Gasteiger partial charge in [-0.15, -0.1) is 0 Å². The summed E-state index contributed by atoms with van der Waals surface area (Å²) in [4.78, 5) is 23.8. The molecule has 0 spiro atoms. The summed E-state index contributed by atoms with van der Waals surface area (Å²) in [7, 11) is 0. The van der Waals surface area contributed by atoms with Crippen molar-refractivity contribution < 1.29 is 14.0 Å². The van der Waals surface area contributed by atoms with Gasteiger partial charge < -0.3 is 4.90 Å². The van der Waals surface area contributed by atoms with E-state index in [-0.39, 0.29) is 30.5 Å². The molecule has 1 aliphatic rings. The molecular weight excluding hydrogens is 197 g/mol. The number of hydrogen-bond donors (Lipinski definition) is 0. The molecule has 0 atom stereocenters. The number of carbonyl (C=O) groups is 2. The minimum absolute atomic E-state index is 0.0587. The quantitative estimate of drug-likeness (QED) is 0.653. The third-order valence-electron chi connectivity index (χ3n) is 2.51. The van der Waals surface area contributed by atoms with Gasteiger partial charge in [0.1, 0.15) is 5.82 Å². The normalized spacial score (nSPS) is 16.3. The number of hydrogen-bond acceptors (Lipinski definition) is 2. The lowest BCUT2D eigenvalue weighted by atomic mass is 10.2. The highest BCUT2D eigenvalue weighted by Crippen LogP contribution is 2.25. The van der Waals surface area contributed by atoms with Crippen molar-refractivity contribution in [2.24, 2.45) is 0 Å². The van der Waals surface area contributed by atoms with E-state index >= 15 is 0 Å². The van der Waals surface area contributed by atoms with Crippen LogP contribution >= 0.6 is 0 Å². The van der Waals surface area contributed by atoms with Crippen LogP contribution < -0.4 is 4.90 Å². The van der Waals surface area contributed by atoms with Crippen molar-refractivity contribution in [3.63, 3.8) is 0 Å². The average molecular weight is 207 g/mol. The van der Waals surface area contributed by atoms with Crippen LogP contribution in [0.5, 0.6) is 0 Å². The second-order valence-corrected chi connectivity index (χ2v) is 3.58. The van der Waals surface area contributed by atoms with Crippen LogP contribution in [0, 0.1) is 12.7 Å². The number of benzene rings is 1. The molecule has 0 unspecified atom stereocenters. The molecule has 3 nitrogen and oxygen atoms in total. The van der Waals surface area contributed by atoms with E-state index in [1.807, 2.05) is 0 Å². The van der Waals surface area contributed by atoms with Crippen molar-refractivity contribution in [1.82, 2.24) is 0 Å². The Morgan fingerprint density at radius 2 is 2.07 bits per heavy atom. The monoisotopic (exact) mass is 207 g/mol. The minimum atomic E-state index is -0.361. The smallest absolute Gasteiger partial charge is 0.234 e. The van der Waals surface area contributed by atoms with Gasteiger partial charge >= 0.3 is 0 Å². The fraction of sp³-hybridized carbons (Fsp3) is 0.273. The van der Waals surface area contributed by atoms with Crippen molar-refractivity contribution in [2.75, 3.05) is 11.4 Å². The third kappa shape index (κ3) is 1.63. The van der Waals surface area contributed by atoms with Crippen LogP contribution in [0.1, 0.15) is 12.0 Å². The number of anilines is 1. The molecule has 1 aromatic carbocycles. The molecule has 0 radical (unpaired) electrons. The molecule has 15 heavy (non-hydrogen) atoms. The van der Waals surface area contributed by atoms with Gasteiger partial charge in [0, 0.05) is 11.3 Å². The number of carbonyl (C=O) groups excluding carboxylic acids is 2. The molecule has 0 aliphatic carbocycles. The lowest BCUT2D eigenvalue weighted by molar-refractivity contribution is -0.121. The van der Waals surface area contributed by atoms with Crippen LogP contribution in [-0.4, -0.2) is 18.2 Å². The maximum absolute atomic E-state index is 13.2. The number of nitrogens with zero attached hydrogens (tertiary/aromatic N) is 1. The van der Waals surface area contributed by atoms with E-state index in [9.17, 15) is 14.0 Å². The first-order chi connectivity index (χ1) is 7.09. The van der Waals surface area contributed by atoms with Crippen molar-refractivity contribution in [1.29, 1.82) is 0 Å². The molecule has 0 N–H and O–H groups in total. The first-order valence-electron chi connectivity index (χ1n) is 4.67. The van der Waals surface area contributed by atoms with Crippen LogP contribution in [0.3, 0.4) is 0 Å². The van der Waals surface area contributed by atoms with E-state index < -0.39 is 0 Å². The van der Waals surface area contributed by atoms with Crippen LogP contribution in [-0.2, 0) is 9.59 Å². The van der Waals surface area contributed by atoms with Gasteiger partial charge in [0.2, 0.25) is 5.91 Å². The summed E-state index contributed by atoms with van der Waals surface area (Å²) in [6, 6.07) is 4.52. The van der Waals surface area contributed by atoms with Gasteiger partial charge in [-0.25, -0.2) is 4.39 Å². The topological polar surface area (TPSA) is 37.4 Å². The van der Waals surface area contributed by atoms with Gasteiger partial charge in [-0.2, -0.15) is 0 Å². The molecular formula is C11H10FNO2. The lowest BCUT2D eigenvalue weighted by Gasteiger charge is -2.17. The van der Waals surface area contributed by atoms with E-state index in [2.05, 4.69) is 0 Å². The number of halogens is 1. The van der Waals surface area contributed by atoms with Crippen molar-refractivity contribution >= 4 is 17.4 Å². The Morgan fingerprint density at radius 1 is 1.33 bits per heavy atom. The van der Waals surface area contributed by atoms with Crippen molar-refractivity contribution in [3.05, 3.63) is 29.6 Å². The molecule has 1 aromatic rings. The van der Waals surface area contributed by atoms with Crippen molar-refractivity contribution in [2.45, 2.75) is 13.3 Å². The van der Waals surface area contributed by atoms with Crippen LogP contribution in [0.4, 0.5) is 10.1 Å². The molecule has 2 rings (SSSR count). The molecule has 1 heterocycles. The van der Waals surface area contributed by atoms with E-state index in [0.29, 0.717) is 11.3 Å². The van der Waals surface area contributed by atoms with Gasteiger partial charge in [0.15, 0.2) is 5.78 Å². The Labute approximate surface area is 86.5 Å². The van der Waals surface area contributed by atoms with Crippen LogP contribution in [0.2, 0.25) is 0 Å². The maximum Gasteiger partial charge on any atom is 0.234 e.